The predicted octanol–water partition coefficient (Wildman–Crippen LogP) is 7.29. The van der Waals surface area contributed by atoms with Crippen LogP contribution in [0.25, 0.3) is 0 Å². The molecule has 1 aliphatic rings. The first-order valence-electron chi connectivity index (χ1n) is 12.0. The maximum absolute atomic E-state index is 14.6. The van der Waals surface area contributed by atoms with Crippen LogP contribution >= 0.6 is 0 Å². The second-order valence-electron chi connectivity index (χ2n) is 9.03. The molecule has 0 bridgehead atoms. The molecule has 2 aromatic rings. The van der Waals surface area contributed by atoms with Crippen molar-refractivity contribution in [2.75, 3.05) is 0 Å². The maximum atomic E-state index is 14.6. The first kappa shape index (κ1) is 23.3. The standard InChI is InChI=1S/C29H35FO/c1-2-3-5-23-7-11-25(12-8-23)15-16-27-18-20-28(29(30)22-27)19-17-26-13-9-24(10-14-26)6-4-21-31/h9-10,13-14,18,20-23,25H,2-8,11-12,15-16H2,1H3. The smallest absolute Gasteiger partial charge is 0.139 e. The third kappa shape index (κ3) is 7.66. The van der Waals surface area contributed by atoms with Crippen LogP contribution in [0.4, 0.5) is 4.39 Å². The average Bonchev–Trinajstić information content (AvgIpc) is 2.81. The van der Waals surface area contributed by atoms with Gasteiger partial charge in [-0.15, -0.1) is 0 Å². The van der Waals surface area contributed by atoms with Crippen molar-refractivity contribution in [2.24, 2.45) is 11.8 Å². The van der Waals surface area contributed by atoms with Gasteiger partial charge in [-0.2, -0.15) is 0 Å². The van der Waals surface area contributed by atoms with Gasteiger partial charge in [-0.25, -0.2) is 4.39 Å². The van der Waals surface area contributed by atoms with E-state index in [0.29, 0.717) is 12.0 Å². The zero-order valence-electron chi connectivity index (χ0n) is 18.8. The molecule has 1 nitrogen and oxygen atoms in total. The Bertz CT molecular complexity index is 879. The van der Waals surface area contributed by atoms with Gasteiger partial charge >= 0.3 is 0 Å². The van der Waals surface area contributed by atoms with Crippen LogP contribution in [0.3, 0.4) is 0 Å². The third-order valence-corrected chi connectivity index (χ3v) is 6.65. The summed E-state index contributed by atoms with van der Waals surface area (Å²) in [5.41, 5.74) is 3.50. The molecule has 164 valence electrons. The topological polar surface area (TPSA) is 17.1 Å². The Morgan fingerprint density at radius 1 is 0.903 bits per heavy atom. The van der Waals surface area contributed by atoms with E-state index >= 15 is 0 Å². The number of aldehydes is 1. The van der Waals surface area contributed by atoms with Gasteiger partial charge in [0.1, 0.15) is 12.1 Å². The summed E-state index contributed by atoms with van der Waals surface area (Å²) in [5.74, 6) is 7.53. The highest BCUT2D eigenvalue weighted by atomic mass is 19.1. The fourth-order valence-corrected chi connectivity index (χ4v) is 4.61. The molecule has 0 amide bonds. The molecule has 0 aromatic heterocycles. The predicted molar refractivity (Wildman–Crippen MR) is 127 cm³/mol. The van der Waals surface area contributed by atoms with Crippen molar-refractivity contribution in [1.82, 2.24) is 0 Å². The van der Waals surface area contributed by atoms with E-state index < -0.39 is 0 Å². The van der Waals surface area contributed by atoms with Crippen LogP contribution in [0.5, 0.6) is 0 Å². The second kappa shape index (κ2) is 12.5. The van der Waals surface area contributed by atoms with Gasteiger partial charge in [0, 0.05) is 12.0 Å². The minimum atomic E-state index is -0.226. The number of hydrogen-bond donors (Lipinski definition) is 0. The molecule has 2 aromatic carbocycles. The summed E-state index contributed by atoms with van der Waals surface area (Å²) in [6.07, 6.45) is 13.9. The SMILES string of the molecule is CCCCC1CCC(CCc2ccc(C#Cc3ccc(CCC=O)cc3)c(F)c2)CC1. The van der Waals surface area contributed by atoms with Gasteiger partial charge in [-0.1, -0.05) is 81.9 Å². The molecule has 0 aliphatic heterocycles. The van der Waals surface area contributed by atoms with Crippen LogP contribution in [0.1, 0.15) is 87.0 Å². The van der Waals surface area contributed by atoms with E-state index in [9.17, 15) is 9.18 Å². The Morgan fingerprint density at radius 3 is 2.23 bits per heavy atom. The lowest BCUT2D eigenvalue weighted by molar-refractivity contribution is -0.107. The molecule has 0 heterocycles. The Kier molecular flexibility index (Phi) is 9.35. The molecule has 0 unspecified atom stereocenters. The lowest BCUT2D eigenvalue weighted by Crippen LogP contribution is -2.15. The summed E-state index contributed by atoms with van der Waals surface area (Å²) in [4.78, 5) is 10.5. The lowest BCUT2D eigenvalue weighted by Gasteiger charge is -2.28. The van der Waals surface area contributed by atoms with E-state index in [1.165, 1.54) is 51.4 Å². The molecule has 0 saturated heterocycles. The van der Waals surface area contributed by atoms with Gasteiger partial charge in [0.2, 0.25) is 0 Å². The zero-order valence-corrected chi connectivity index (χ0v) is 18.8. The summed E-state index contributed by atoms with van der Waals surface area (Å²) < 4.78 is 14.6. The van der Waals surface area contributed by atoms with Crippen LogP contribution in [0.2, 0.25) is 0 Å². The normalized spacial score (nSPS) is 18.3. The van der Waals surface area contributed by atoms with E-state index in [-0.39, 0.29) is 5.82 Å². The number of halogens is 1. The quantitative estimate of drug-likeness (QED) is 0.309. The van der Waals surface area contributed by atoms with Crippen molar-refractivity contribution >= 4 is 6.29 Å². The molecule has 0 N–H and O–H groups in total. The lowest BCUT2D eigenvalue weighted by atomic mass is 9.78. The highest BCUT2D eigenvalue weighted by Crippen LogP contribution is 2.34. The van der Waals surface area contributed by atoms with Gasteiger partial charge < -0.3 is 4.79 Å². The molecule has 0 radical (unpaired) electrons. The molecule has 0 spiro atoms. The highest BCUT2D eigenvalue weighted by Gasteiger charge is 2.20. The summed E-state index contributed by atoms with van der Waals surface area (Å²) in [7, 11) is 0. The fraction of sp³-hybridized carbons (Fsp3) is 0.483. The third-order valence-electron chi connectivity index (χ3n) is 6.65. The number of rotatable bonds is 9. The fourth-order valence-electron chi connectivity index (χ4n) is 4.61. The number of aryl methyl sites for hydroxylation is 2. The van der Waals surface area contributed by atoms with Gasteiger partial charge in [0.15, 0.2) is 0 Å². The Labute approximate surface area is 187 Å². The van der Waals surface area contributed by atoms with E-state index in [4.69, 9.17) is 0 Å². The Morgan fingerprint density at radius 2 is 1.58 bits per heavy atom. The van der Waals surface area contributed by atoms with Crippen molar-refractivity contribution in [2.45, 2.75) is 77.6 Å². The molecule has 1 saturated carbocycles. The largest absolute Gasteiger partial charge is 0.303 e. The number of unbranched alkanes of at least 4 members (excludes halogenated alkanes) is 1. The van der Waals surface area contributed by atoms with Gasteiger partial charge in [-0.05, 0) is 66.5 Å². The van der Waals surface area contributed by atoms with Crippen LogP contribution in [-0.2, 0) is 17.6 Å². The maximum Gasteiger partial charge on any atom is 0.139 e. The monoisotopic (exact) mass is 418 g/mol. The molecule has 3 rings (SSSR count). The van der Waals surface area contributed by atoms with Crippen LogP contribution in [0, 0.1) is 29.5 Å². The Balaban J connectivity index is 1.49. The molecule has 1 fully saturated rings. The van der Waals surface area contributed by atoms with Crippen molar-refractivity contribution in [3.63, 3.8) is 0 Å². The minimum absolute atomic E-state index is 0.226. The van der Waals surface area contributed by atoms with Gasteiger partial charge in [0.05, 0.1) is 5.56 Å². The molecule has 2 heteroatoms. The minimum Gasteiger partial charge on any atom is -0.303 e. The zero-order chi connectivity index (χ0) is 21.9. The molecule has 31 heavy (non-hydrogen) atoms. The van der Waals surface area contributed by atoms with Crippen LogP contribution in [0.15, 0.2) is 42.5 Å². The van der Waals surface area contributed by atoms with Gasteiger partial charge in [0.25, 0.3) is 0 Å². The average molecular weight is 419 g/mol. The number of carbonyl (C=O) groups is 1. The molecular formula is C29H35FO. The van der Waals surface area contributed by atoms with Crippen molar-refractivity contribution in [3.05, 3.63) is 70.5 Å². The second-order valence-corrected chi connectivity index (χ2v) is 9.03. The van der Waals surface area contributed by atoms with Crippen molar-refractivity contribution in [3.8, 4) is 11.8 Å². The summed E-state index contributed by atoms with van der Waals surface area (Å²) >= 11 is 0. The van der Waals surface area contributed by atoms with E-state index in [0.717, 1.165) is 47.7 Å². The molecular weight excluding hydrogens is 383 g/mol. The Hall–Kier alpha value is -2.40. The highest BCUT2D eigenvalue weighted by molar-refractivity contribution is 5.50. The first-order valence-corrected chi connectivity index (χ1v) is 12.0. The number of hydrogen-bond acceptors (Lipinski definition) is 1. The van der Waals surface area contributed by atoms with Crippen molar-refractivity contribution in [1.29, 1.82) is 0 Å². The van der Waals surface area contributed by atoms with E-state index in [1.807, 2.05) is 36.4 Å². The molecule has 0 atom stereocenters. The molecule has 1 aliphatic carbocycles. The number of carbonyl (C=O) groups excluding carboxylic acids is 1. The van der Waals surface area contributed by atoms with E-state index in [1.54, 1.807) is 6.07 Å². The first-order chi connectivity index (χ1) is 15.2. The van der Waals surface area contributed by atoms with Crippen LogP contribution in [-0.4, -0.2) is 6.29 Å². The summed E-state index contributed by atoms with van der Waals surface area (Å²) in [6.45, 7) is 2.28. The summed E-state index contributed by atoms with van der Waals surface area (Å²) in [6, 6.07) is 13.3. The van der Waals surface area contributed by atoms with Crippen molar-refractivity contribution < 1.29 is 9.18 Å². The summed E-state index contributed by atoms with van der Waals surface area (Å²) in [5, 5.41) is 0. The van der Waals surface area contributed by atoms with E-state index in [2.05, 4.69) is 18.8 Å². The van der Waals surface area contributed by atoms with Crippen LogP contribution < -0.4 is 0 Å². The number of benzene rings is 2. The van der Waals surface area contributed by atoms with Gasteiger partial charge in [-0.3, -0.25) is 0 Å².